The van der Waals surface area contributed by atoms with Crippen LogP contribution < -0.4 is 0 Å². The fraction of sp³-hybridized carbons (Fsp3) is 0.200. The van der Waals surface area contributed by atoms with Crippen LogP contribution in [-0.4, -0.2) is 0 Å². The number of rotatable bonds is 2. The Kier molecular flexibility index (Phi) is 3.37. The molecule has 0 saturated heterocycles. The van der Waals surface area contributed by atoms with Crippen LogP contribution in [0.5, 0.6) is 0 Å². The molecule has 1 aromatic carbocycles. The van der Waals surface area contributed by atoms with Crippen LogP contribution in [0.4, 0.5) is 0 Å². The van der Waals surface area contributed by atoms with Gasteiger partial charge in [0.2, 0.25) is 0 Å². The molecule has 1 rings (SSSR count). The lowest BCUT2D eigenvalue weighted by molar-refractivity contribution is 1.22. The maximum absolute atomic E-state index is 3.25. The maximum Gasteiger partial charge on any atom is -0.00866 e. The Morgan fingerprint density at radius 1 is 1.36 bits per heavy atom. The van der Waals surface area contributed by atoms with Gasteiger partial charge in [-0.1, -0.05) is 46.3 Å². The molecule has 0 bridgehead atoms. The van der Waals surface area contributed by atoms with Crippen LogP contribution in [-0.2, 0) is 6.42 Å². The Morgan fingerprint density at radius 2 is 2.09 bits per heavy atom. The molecule has 0 aliphatic heterocycles. The van der Waals surface area contributed by atoms with Gasteiger partial charge in [-0.05, 0) is 29.5 Å². The van der Waals surface area contributed by atoms with Gasteiger partial charge in [0.1, 0.15) is 0 Å². The highest BCUT2D eigenvalue weighted by molar-refractivity contribution is 9.11. The van der Waals surface area contributed by atoms with E-state index in [0.29, 0.717) is 0 Å². The highest BCUT2D eigenvalue weighted by Crippen LogP contribution is 2.08. The highest BCUT2D eigenvalue weighted by atomic mass is 79.9. The Balaban J connectivity index is 2.77. The van der Waals surface area contributed by atoms with E-state index in [-0.39, 0.29) is 0 Å². The lowest BCUT2D eigenvalue weighted by Crippen LogP contribution is -1.84. The van der Waals surface area contributed by atoms with E-state index >= 15 is 0 Å². The first kappa shape index (κ1) is 8.54. The number of benzene rings is 1. The van der Waals surface area contributed by atoms with E-state index in [2.05, 4.69) is 53.2 Å². The van der Waals surface area contributed by atoms with E-state index in [1.54, 1.807) is 0 Å². The minimum Gasteiger partial charge on any atom is -0.0732 e. The van der Waals surface area contributed by atoms with E-state index in [0.717, 1.165) is 6.42 Å². The molecule has 0 saturated carbocycles. The van der Waals surface area contributed by atoms with Gasteiger partial charge in [-0.2, -0.15) is 0 Å². The van der Waals surface area contributed by atoms with Gasteiger partial charge in [0.15, 0.2) is 0 Å². The summed E-state index contributed by atoms with van der Waals surface area (Å²) in [5, 5.41) is 0. The second kappa shape index (κ2) is 4.35. The molecule has 0 radical (unpaired) electrons. The molecule has 0 spiro atoms. The van der Waals surface area contributed by atoms with Crippen LogP contribution in [0, 0.1) is 6.92 Å². The first-order valence-electron chi connectivity index (χ1n) is 3.64. The second-order valence-electron chi connectivity index (χ2n) is 2.49. The van der Waals surface area contributed by atoms with Crippen molar-refractivity contribution in [3.05, 3.63) is 46.5 Å². The summed E-state index contributed by atoms with van der Waals surface area (Å²) >= 11 is 3.25. The van der Waals surface area contributed by atoms with Crippen LogP contribution in [0.25, 0.3) is 0 Å². The zero-order chi connectivity index (χ0) is 8.10. The summed E-state index contributed by atoms with van der Waals surface area (Å²) in [4.78, 5) is 1.90. The van der Waals surface area contributed by atoms with E-state index in [1.807, 2.05) is 4.99 Å². The molecule has 0 aliphatic carbocycles. The lowest BCUT2D eigenvalue weighted by atomic mass is 10.1. The van der Waals surface area contributed by atoms with Crippen LogP contribution in [0.3, 0.4) is 0 Å². The van der Waals surface area contributed by atoms with Crippen molar-refractivity contribution in [1.82, 2.24) is 0 Å². The average molecular weight is 211 g/mol. The molecule has 0 nitrogen and oxygen atoms in total. The molecule has 0 aliphatic rings. The molecule has 0 fully saturated rings. The number of hydrogen-bond donors (Lipinski definition) is 0. The number of aryl methyl sites for hydroxylation is 1. The van der Waals surface area contributed by atoms with Gasteiger partial charge in [0.25, 0.3) is 0 Å². The fourth-order valence-electron chi connectivity index (χ4n) is 1.01. The average Bonchev–Trinajstić information content (AvgIpc) is 2.03. The van der Waals surface area contributed by atoms with Gasteiger partial charge in [-0.25, -0.2) is 0 Å². The van der Waals surface area contributed by atoms with Gasteiger partial charge in [0, 0.05) is 0 Å². The van der Waals surface area contributed by atoms with Gasteiger partial charge < -0.3 is 0 Å². The van der Waals surface area contributed by atoms with Gasteiger partial charge in [-0.3, -0.25) is 0 Å². The summed E-state index contributed by atoms with van der Waals surface area (Å²) in [5.41, 5.74) is 2.75. The minimum atomic E-state index is 1.01. The van der Waals surface area contributed by atoms with Crippen molar-refractivity contribution in [1.29, 1.82) is 0 Å². The highest BCUT2D eigenvalue weighted by Gasteiger charge is 1.91. The summed E-state index contributed by atoms with van der Waals surface area (Å²) in [5.74, 6) is 0. The fourth-order valence-corrected chi connectivity index (χ4v) is 1.20. The molecule has 11 heavy (non-hydrogen) atoms. The molecule has 0 amide bonds. The molecular weight excluding hydrogens is 200 g/mol. The SMILES string of the molecule is Cc1ccccc1C/C=C/Br. The smallest absolute Gasteiger partial charge is 0.00866 e. The topological polar surface area (TPSA) is 0 Å². The van der Waals surface area contributed by atoms with Crippen LogP contribution in [0.15, 0.2) is 35.3 Å². The monoisotopic (exact) mass is 210 g/mol. The summed E-state index contributed by atoms with van der Waals surface area (Å²) in [6, 6.07) is 8.43. The van der Waals surface area contributed by atoms with Crippen LogP contribution in [0.1, 0.15) is 11.1 Å². The third-order valence-electron chi connectivity index (χ3n) is 1.69. The van der Waals surface area contributed by atoms with E-state index in [4.69, 9.17) is 0 Å². The molecule has 1 heteroatoms. The van der Waals surface area contributed by atoms with E-state index in [9.17, 15) is 0 Å². The molecular formula is C10H11Br. The Bertz CT molecular complexity index is 251. The molecule has 0 heterocycles. The van der Waals surface area contributed by atoms with Crippen molar-refractivity contribution >= 4 is 15.9 Å². The zero-order valence-corrected chi connectivity index (χ0v) is 8.14. The zero-order valence-electron chi connectivity index (χ0n) is 6.55. The third kappa shape index (κ3) is 2.51. The summed E-state index contributed by atoms with van der Waals surface area (Å²) in [6.45, 7) is 2.14. The van der Waals surface area contributed by atoms with Gasteiger partial charge in [0.05, 0.1) is 0 Å². The maximum atomic E-state index is 3.25. The summed E-state index contributed by atoms with van der Waals surface area (Å²) in [6.07, 6.45) is 3.11. The van der Waals surface area contributed by atoms with Gasteiger partial charge in [-0.15, -0.1) is 0 Å². The first-order chi connectivity index (χ1) is 5.34. The Morgan fingerprint density at radius 3 is 2.73 bits per heavy atom. The van der Waals surface area contributed by atoms with Crippen molar-refractivity contribution in [2.24, 2.45) is 0 Å². The second-order valence-corrected chi connectivity index (χ2v) is 3.02. The minimum absolute atomic E-state index is 1.01. The van der Waals surface area contributed by atoms with Crippen LogP contribution >= 0.6 is 15.9 Å². The molecule has 0 unspecified atom stereocenters. The molecule has 0 aromatic heterocycles. The summed E-state index contributed by atoms with van der Waals surface area (Å²) < 4.78 is 0. The summed E-state index contributed by atoms with van der Waals surface area (Å²) in [7, 11) is 0. The third-order valence-corrected chi connectivity index (χ3v) is 2.06. The Hall–Kier alpha value is -0.560. The van der Waals surface area contributed by atoms with Gasteiger partial charge >= 0.3 is 0 Å². The molecule has 0 N–H and O–H groups in total. The predicted molar refractivity (Wildman–Crippen MR) is 53.0 cm³/mol. The lowest BCUT2D eigenvalue weighted by Gasteiger charge is -1.99. The quantitative estimate of drug-likeness (QED) is 0.702. The Labute approximate surface area is 76.1 Å². The largest absolute Gasteiger partial charge is 0.0732 e. The van der Waals surface area contributed by atoms with Crippen molar-refractivity contribution < 1.29 is 0 Å². The predicted octanol–water partition coefficient (Wildman–Crippen LogP) is 3.45. The number of halogens is 1. The normalized spacial score (nSPS) is 10.7. The van der Waals surface area contributed by atoms with Crippen molar-refractivity contribution in [2.75, 3.05) is 0 Å². The van der Waals surface area contributed by atoms with Crippen LogP contribution in [0.2, 0.25) is 0 Å². The molecule has 58 valence electrons. The van der Waals surface area contributed by atoms with Crippen molar-refractivity contribution in [3.8, 4) is 0 Å². The molecule has 1 aromatic rings. The molecule has 0 atom stereocenters. The van der Waals surface area contributed by atoms with Crippen molar-refractivity contribution in [2.45, 2.75) is 13.3 Å². The van der Waals surface area contributed by atoms with E-state index < -0.39 is 0 Å². The van der Waals surface area contributed by atoms with Crippen molar-refractivity contribution in [3.63, 3.8) is 0 Å². The number of hydrogen-bond acceptors (Lipinski definition) is 0. The first-order valence-corrected chi connectivity index (χ1v) is 4.56. The number of allylic oxidation sites excluding steroid dienone is 1. The van der Waals surface area contributed by atoms with E-state index in [1.165, 1.54) is 11.1 Å². The standard InChI is InChI=1S/C10H11Br/c1-9-5-2-3-6-10(9)7-4-8-11/h2-6,8H,7H2,1H3/b8-4+.